The summed E-state index contributed by atoms with van der Waals surface area (Å²) in [5.41, 5.74) is 8.01. The average molecular weight is 334 g/mol. The minimum Gasteiger partial charge on any atom is -0.399 e. The molecule has 0 aliphatic carbocycles. The zero-order valence-corrected chi connectivity index (χ0v) is 14.4. The van der Waals surface area contributed by atoms with E-state index in [9.17, 15) is 10.1 Å². The number of amides is 1. The van der Waals surface area contributed by atoms with Crippen LogP contribution in [0.15, 0.2) is 66.4 Å². The monoisotopic (exact) mass is 334 g/mol. The molecule has 0 unspecified atom stereocenters. The molecule has 2 aromatic carbocycles. The summed E-state index contributed by atoms with van der Waals surface area (Å²) in [4.78, 5) is 14.3. The first-order valence-corrected chi connectivity index (χ1v) is 8.08. The zero-order valence-electron chi connectivity index (χ0n) is 14.4. The van der Waals surface area contributed by atoms with Gasteiger partial charge < -0.3 is 16.0 Å². The zero-order chi connectivity index (χ0) is 18.2. The van der Waals surface area contributed by atoms with Crippen LogP contribution in [0.2, 0.25) is 0 Å². The Hall–Kier alpha value is -3.26. The third-order valence-electron chi connectivity index (χ3n) is 3.70. The van der Waals surface area contributed by atoms with Gasteiger partial charge >= 0.3 is 0 Å². The lowest BCUT2D eigenvalue weighted by molar-refractivity contribution is -0.112. The van der Waals surface area contributed by atoms with E-state index in [0.29, 0.717) is 17.9 Å². The first-order valence-electron chi connectivity index (χ1n) is 8.08. The van der Waals surface area contributed by atoms with E-state index < -0.39 is 5.91 Å². The van der Waals surface area contributed by atoms with Crippen LogP contribution in [-0.4, -0.2) is 16.8 Å². The van der Waals surface area contributed by atoms with Gasteiger partial charge in [-0.05, 0) is 43.7 Å². The molecule has 0 aliphatic rings. The normalized spacial score (nSPS) is 11.0. The van der Waals surface area contributed by atoms with Gasteiger partial charge in [0.1, 0.15) is 11.6 Å². The highest BCUT2D eigenvalue weighted by molar-refractivity contribution is 6.06. The summed E-state index contributed by atoms with van der Waals surface area (Å²) in [6.45, 7) is 4.66. The van der Waals surface area contributed by atoms with Gasteiger partial charge in [0.05, 0.1) is 0 Å². The fourth-order valence-electron chi connectivity index (χ4n) is 2.24. The number of rotatable bonds is 6. The average Bonchev–Trinajstić information content (AvgIpc) is 2.61. The molecule has 25 heavy (non-hydrogen) atoms. The summed E-state index contributed by atoms with van der Waals surface area (Å²) in [6.07, 6.45) is 1.62. The Labute approximate surface area is 148 Å². The summed E-state index contributed by atoms with van der Waals surface area (Å²) in [7, 11) is 0. The van der Waals surface area contributed by atoms with Gasteiger partial charge in [-0.1, -0.05) is 30.3 Å². The van der Waals surface area contributed by atoms with Crippen molar-refractivity contribution in [3.8, 4) is 6.07 Å². The molecule has 5 nitrogen and oxygen atoms in total. The van der Waals surface area contributed by atoms with Gasteiger partial charge in [-0.25, -0.2) is 0 Å². The molecule has 0 bridgehead atoms. The van der Waals surface area contributed by atoms with Crippen molar-refractivity contribution < 1.29 is 4.79 Å². The number of nitriles is 1. The maximum absolute atomic E-state index is 12.4. The number of nitrogen functional groups attached to an aromatic ring is 1. The van der Waals surface area contributed by atoms with Crippen LogP contribution in [0, 0.1) is 11.3 Å². The lowest BCUT2D eigenvalue weighted by Gasteiger charge is -2.25. The topological polar surface area (TPSA) is 82.2 Å². The molecule has 128 valence electrons. The molecule has 0 spiro atoms. The minimum absolute atomic E-state index is 0.0569. The van der Waals surface area contributed by atoms with Crippen LogP contribution in [0.4, 0.5) is 11.4 Å². The highest BCUT2D eigenvalue weighted by Gasteiger charge is 2.14. The molecule has 0 heterocycles. The predicted octanol–water partition coefficient (Wildman–Crippen LogP) is 3.53. The van der Waals surface area contributed by atoms with Crippen molar-refractivity contribution in [2.75, 3.05) is 11.1 Å². The number of carbonyl (C=O) groups excluding carboxylic acids is 1. The standard InChI is InChI=1S/C20H22N4O/c1-15(2)24(13-16-6-4-3-5-7-16)14-17(12-21)20(25)23-19-10-8-18(22)9-11-19/h3-11,14-15H,13,22H2,1-2H3,(H,23,25)/b17-14-. The number of nitrogens with one attached hydrogen (secondary N) is 1. The molecule has 0 fully saturated rings. The largest absolute Gasteiger partial charge is 0.399 e. The molecule has 2 rings (SSSR count). The van der Waals surface area contributed by atoms with E-state index in [0.717, 1.165) is 5.56 Å². The molecule has 0 aromatic heterocycles. The summed E-state index contributed by atoms with van der Waals surface area (Å²) in [6, 6.07) is 18.9. The summed E-state index contributed by atoms with van der Waals surface area (Å²) >= 11 is 0. The minimum atomic E-state index is -0.439. The van der Waals surface area contributed by atoms with Gasteiger partial charge in [0.25, 0.3) is 5.91 Å². The second kappa shape index (κ2) is 8.55. The van der Waals surface area contributed by atoms with Crippen molar-refractivity contribution in [2.24, 2.45) is 0 Å². The highest BCUT2D eigenvalue weighted by Crippen LogP contribution is 2.14. The lowest BCUT2D eigenvalue weighted by atomic mass is 10.2. The molecule has 2 aromatic rings. The van der Waals surface area contributed by atoms with E-state index in [2.05, 4.69) is 5.32 Å². The fourth-order valence-corrected chi connectivity index (χ4v) is 2.24. The van der Waals surface area contributed by atoms with E-state index in [1.54, 1.807) is 30.5 Å². The number of hydrogen-bond donors (Lipinski definition) is 2. The first kappa shape index (κ1) is 18.1. The van der Waals surface area contributed by atoms with E-state index in [1.807, 2.05) is 55.1 Å². The van der Waals surface area contributed by atoms with Crippen molar-refractivity contribution >= 4 is 17.3 Å². The number of hydrogen-bond acceptors (Lipinski definition) is 4. The maximum atomic E-state index is 12.4. The Morgan fingerprint density at radius 1 is 1.20 bits per heavy atom. The second-order valence-corrected chi connectivity index (χ2v) is 5.98. The Balaban J connectivity index is 2.15. The second-order valence-electron chi connectivity index (χ2n) is 5.98. The number of carbonyl (C=O) groups is 1. The van der Waals surface area contributed by atoms with E-state index in [4.69, 9.17) is 5.73 Å². The lowest BCUT2D eigenvalue weighted by Crippen LogP contribution is -2.27. The Morgan fingerprint density at radius 3 is 2.40 bits per heavy atom. The van der Waals surface area contributed by atoms with Crippen LogP contribution in [0.25, 0.3) is 0 Å². The Kier molecular flexibility index (Phi) is 6.19. The van der Waals surface area contributed by atoms with Crippen LogP contribution in [0.3, 0.4) is 0 Å². The Morgan fingerprint density at radius 2 is 1.84 bits per heavy atom. The first-order chi connectivity index (χ1) is 12.0. The Bertz CT molecular complexity index is 774. The van der Waals surface area contributed by atoms with Crippen molar-refractivity contribution in [3.63, 3.8) is 0 Å². The van der Waals surface area contributed by atoms with Gasteiger partial charge in [-0.2, -0.15) is 5.26 Å². The van der Waals surface area contributed by atoms with Crippen molar-refractivity contribution in [2.45, 2.75) is 26.4 Å². The number of nitrogens with two attached hydrogens (primary N) is 1. The van der Waals surface area contributed by atoms with E-state index in [1.165, 1.54) is 0 Å². The fraction of sp³-hybridized carbons (Fsp3) is 0.200. The van der Waals surface area contributed by atoms with Crippen LogP contribution in [0.5, 0.6) is 0 Å². The molecule has 0 aliphatic heterocycles. The number of anilines is 2. The molecule has 0 radical (unpaired) electrons. The van der Waals surface area contributed by atoms with Crippen LogP contribution in [0.1, 0.15) is 19.4 Å². The summed E-state index contributed by atoms with van der Waals surface area (Å²) in [5, 5.41) is 12.1. The van der Waals surface area contributed by atoms with E-state index in [-0.39, 0.29) is 11.6 Å². The summed E-state index contributed by atoms with van der Waals surface area (Å²) in [5.74, 6) is -0.439. The van der Waals surface area contributed by atoms with Gasteiger partial charge in [0, 0.05) is 30.2 Å². The third kappa shape index (κ3) is 5.40. The van der Waals surface area contributed by atoms with Crippen LogP contribution >= 0.6 is 0 Å². The summed E-state index contributed by atoms with van der Waals surface area (Å²) < 4.78 is 0. The maximum Gasteiger partial charge on any atom is 0.267 e. The molecule has 0 saturated heterocycles. The van der Waals surface area contributed by atoms with Gasteiger partial charge in [-0.3, -0.25) is 4.79 Å². The molecular weight excluding hydrogens is 312 g/mol. The van der Waals surface area contributed by atoms with Crippen LogP contribution < -0.4 is 11.1 Å². The number of nitrogens with zero attached hydrogens (tertiary/aromatic N) is 2. The molecule has 3 N–H and O–H groups in total. The molecule has 1 amide bonds. The molecular formula is C20H22N4O. The molecule has 5 heteroatoms. The number of benzene rings is 2. The quantitative estimate of drug-likeness (QED) is 0.481. The predicted molar refractivity (Wildman–Crippen MR) is 100 cm³/mol. The highest BCUT2D eigenvalue weighted by atomic mass is 16.1. The molecule has 0 atom stereocenters. The van der Waals surface area contributed by atoms with Crippen molar-refractivity contribution in [3.05, 3.63) is 71.9 Å². The third-order valence-corrected chi connectivity index (χ3v) is 3.70. The van der Waals surface area contributed by atoms with Crippen LogP contribution in [-0.2, 0) is 11.3 Å². The van der Waals surface area contributed by atoms with Gasteiger partial charge in [0.15, 0.2) is 0 Å². The van der Waals surface area contributed by atoms with Gasteiger partial charge in [-0.15, -0.1) is 0 Å². The van der Waals surface area contributed by atoms with Crippen molar-refractivity contribution in [1.82, 2.24) is 4.90 Å². The van der Waals surface area contributed by atoms with Crippen molar-refractivity contribution in [1.29, 1.82) is 5.26 Å². The van der Waals surface area contributed by atoms with E-state index >= 15 is 0 Å². The SMILES string of the molecule is CC(C)N(/C=C(/C#N)C(=O)Nc1ccc(N)cc1)Cc1ccccc1. The van der Waals surface area contributed by atoms with Gasteiger partial charge in [0.2, 0.25) is 0 Å². The molecule has 0 saturated carbocycles. The smallest absolute Gasteiger partial charge is 0.267 e.